The molecule has 8 nitrogen and oxygen atoms in total. The monoisotopic (exact) mass is 348 g/mol. The molecule has 0 bridgehead atoms. The normalized spacial score (nSPS) is 25.4. The lowest BCUT2D eigenvalue weighted by Crippen LogP contribution is -2.58. The zero-order valence-electron chi connectivity index (χ0n) is 13.7. The first-order valence-electron chi connectivity index (χ1n) is 8.54. The van der Waals surface area contributed by atoms with Crippen molar-refractivity contribution in [2.24, 2.45) is 5.92 Å². The second-order valence-corrected chi connectivity index (χ2v) is 6.86. The second kappa shape index (κ2) is 5.87. The van der Waals surface area contributed by atoms with Crippen LogP contribution in [0.5, 0.6) is 0 Å². The van der Waals surface area contributed by atoms with Crippen molar-refractivity contribution in [1.82, 2.24) is 9.80 Å². The Hall–Kier alpha value is -2.35. The van der Waals surface area contributed by atoms with Crippen LogP contribution in [0, 0.1) is 5.92 Å². The SMILES string of the molecule is O=C(O)[C@@H]1COC2(CCN(C(=O)C3CC3)CC2)N1C(=O)c1ccco1. The summed E-state index contributed by atoms with van der Waals surface area (Å²) in [6.45, 7) is 0.867. The van der Waals surface area contributed by atoms with E-state index in [2.05, 4.69) is 0 Å². The summed E-state index contributed by atoms with van der Waals surface area (Å²) in [5.41, 5.74) is -0.993. The van der Waals surface area contributed by atoms with Crippen LogP contribution >= 0.6 is 0 Å². The zero-order chi connectivity index (χ0) is 17.6. The van der Waals surface area contributed by atoms with Gasteiger partial charge in [-0.05, 0) is 25.0 Å². The largest absolute Gasteiger partial charge is 0.480 e. The first-order valence-corrected chi connectivity index (χ1v) is 8.54. The lowest BCUT2D eigenvalue weighted by molar-refractivity contribution is -0.148. The van der Waals surface area contributed by atoms with Crippen LogP contribution in [-0.2, 0) is 14.3 Å². The molecule has 0 unspecified atom stereocenters. The minimum atomic E-state index is -1.10. The summed E-state index contributed by atoms with van der Waals surface area (Å²) >= 11 is 0. The van der Waals surface area contributed by atoms with E-state index in [1.807, 2.05) is 0 Å². The number of rotatable bonds is 3. The van der Waals surface area contributed by atoms with Gasteiger partial charge in [-0.15, -0.1) is 0 Å². The molecule has 2 aliphatic heterocycles. The number of nitrogens with zero attached hydrogens (tertiary/aromatic N) is 2. The summed E-state index contributed by atoms with van der Waals surface area (Å²) in [6, 6.07) is 2.05. The fourth-order valence-corrected chi connectivity index (χ4v) is 3.74. The highest BCUT2D eigenvalue weighted by Crippen LogP contribution is 2.40. The quantitative estimate of drug-likeness (QED) is 0.872. The molecule has 0 aromatic carbocycles. The number of carbonyl (C=O) groups is 3. The van der Waals surface area contributed by atoms with Crippen molar-refractivity contribution in [3.63, 3.8) is 0 Å². The molecular weight excluding hydrogens is 328 g/mol. The molecule has 4 rings (SSSR count). The molecule has 1 atom stereocenters. The van der Waals surface area contributed by atoms with Crippen LogP contribution in [0.25, 0.3) is 0 Å². The van der Waals surface area contributed by atoms with Crippen molar-refractivity contribution in [2.45, 2.75) is 37.5 Å². The molecule has 1 spiro atoms. The molecule has 3 heterocycles. The number of carbonyl (C=O) groups excluding carboxylic acids is 2. The van der Waals surface area contributed by atoms with E-state index < -0.39 is 23.6 Å². The van der Waals surface area contributed by atoms with Gasteiger partial charge in [-0.25, -0.2) is 4.79 Å². The number of aliphatic carboxylic acids is 1. The first-order chi connectivity index (χ1) is 12.0. The van der Waals surface area contributed by atoms with Crippen LogP contribution in [-0.4, -0.2) is 64.2 Å². The molecule has 8 heteroatoms. The Bertz CT molecular complexity index is 688. The Labute approximate surface area is 144 Å². The maximum absolute atomic E-state index is 12.8. The minimum Gasteiger partial charge on any atom is -0.480 e. The maximum Gasteiger partial charge on any atom is 0.328 e. The van der Waals surface area contributed by atoms with Gasteiger partial charge in [-0.1, -0.05) is 0 Å². The Balaban J connectivity index is 1.56. The topological polar surface area (TPSA) is 100 Å². The fourth-order valence-electron chi connectivity index (χ4n) is 3.74. The first kappa shape index (κ1) is 16.1. The molecule has 1 N–H and O–H groups in total. The van der Waals surface area contributed by atoms with Crippen molar-refractivity contribution < 1.29 is 28.6 Å². The molecule has 1 saturated carbocycles. The number of piperidine rings is 1. The van der Waals surface area contributed by atoms with Gasteiger partial charge in [0.1, 0.15) is 5.72 Å². The second-order valence-electron chi connectivity index (χ2n) is 6.86. The van der Waals surface area contributed by atoms with Gasteiger partial charge >= 0.3 is 5.97 Å². The summed E-state index contributed by atoms with van der Waals surface area (Å²) in [6.07, 6.45) is 4.08. The van der Waals surface area contributed by atoms with Crippen LogP contribution in [0.1, 0.15) is 36.2 Å². The smallest absolute Gasteiger partial charge is 0.328 e. The molecule has 3 fully saturated rings. The summed E-state index contributed by atoms with van der Waals surface area (Å²) in [5, 5.41) is 9.50. The Morgan fingerprint density at radius 2 is 1.92 bits per heavy atom. The predicted octanol–water partition coefficient (Wildman–Crippen LogP) is 0.934. The fraction of sp³-hybridized carbons (Fsp3) is 0.588. The van der Waals surface area contributed by atoms with Crippen LogP contribution < -0.4 is 0 Å². The van der Waals surface area contributed by atoms with Crippen molar-refractivity contribution in [1.29, 1.82) is 0 Å². The number of carboxylic acid groups (broad SMARTS) is 1. The van der Waals surface area contributed by atoms with Gasteiger partial charge in [0.2, 0.25) is 5.91 Å². The molecule has 3 aliphatic rings. The number of hydrogen-bond acceptors (Lipinski definition) is 5. The van der Waals surface area contributed by atoms with E-state index in [0.29, 0.717) is 25.9 Å². The van der Waals surface area contributed by atoms with E-state index in [4.69, 9.17) is 9.15 Å². The minimum absolute atomic E-state index is 0.0572. The maximum atomic E-state index is 12.8. The lowest BCUT2D eigenvalue weighted by atomic mass is 9.97. The number of hydrogen-bond donors (Lipinski definition) is 1. The van der Waals surface area contributed by atoms with Gasteiger partial charge in [0.15, 0.2) is 11.8 Å². The molecule has 1 aromatic rings. The van der Waals surface area contributed by atoms with Gasteiger partial charge < -0.3 is 19.2 Å². The van der Waals surface area contributed by atoms with Crippen LogP contribution in [0.3, 0.4) is 0 Å². The third kappa shape index (κ3) is 2.70. The third-order valence-electron chi connectivity index (χ3n) is 5.28. The molecule has 2 amide bonds. The number of ether oxygens (including phenoxy) is 1. The van der Waals surface area contributed by atoms with E-state index in [1.54, 1.807) is 11.0 Å². The highest BCUT2D eigenvalue weighted by atomic mass is 16.5. The predicted molar refractivity (Wildman–Crippen MR) is 83.5 cm³/mol. The number of amides is 2. The zero-order valence-corrected chi connectivity index (χ0v) is 13.7. The van der Waals surface area contributed by atoms with E-state index in [9.17, 15) is 19.5 Å². The molecule has 25 heavy (non-hydrogen) atoms. The Morgan fingerprint density at radius 1 is 1.20 bits per heavy atom. The average molecular weight is 348 g/mol. The molecule has 1 aliphatic carbocycles. The Morgan fingerprint density at radius 3 is 2.48 bits per heavy atom. The van der Waals surface area contributed by atoms with Gasteiger partial charge in [0, 0.05) is 31.8 Å². The highest BCUT2D eigenvalue weighted by Gasteiger charge is 2.55. The molecule has 134 valence electrons. The summed E-state index contributed by atoms with van der Waals surface area (Å²) in [7, 11) is 0. The van der Waals surface area contributed by atoms with Crippen LogP contribution in [0.4, 0.5) is 0 Å². The van der Waals surface area contributed by atoms with Crippen molar-refractivity contribution in [2.75, 3.05) is 19.7 Å². The summed E-state index contributed by atoms with van der Waals surface area (Å²) in [4.78, 5) is 39.8. The van der Waals surface area contributed by atoms with E-state index in [1.165, 1.54) is 17.2 Å². The average Bonchev–Trinajstić information content (AvgIpc) is 3.18. The molecule has 0 radical (unpaired) electrons. The van der Waals surface area contributed by atoms with Crippen molar-refractivity contribution >= 4 is 17.8 Å². The Kier molecular flexibility index (Phi) is 3.79. The van der Waals surface area contributed by atoms with Crippen molar-refractivity contribution in [3.05, 3.63) is 24.2 Å². The van der Waals surface area contributed by atoms with E-state index in [-0.39, 0.29) is 24.2 Å². The molecule has 1 aromatic heterocycles. The van der Waals surface area contributed by atoms with Crippen LogP contribution in [0.15, 0.2) is 22.8 Å². The molecule has 2 saturated heterocycles. The van der Waals surface area contributed by atoms with Gasteiger partial charge in [0.05, 0.1) is 12.9 Å². The number of carboxylic acids is 1. The highest BCUT2D eigenvalue weighted by molar-refractivity contribution is 5.95. The van der Waals surface area contributed by atoms with Gasteiger partial charge in [-0.2, -0.15) is 0 Å². The van der Waals surface area contributed by atoms with E-state index >= 15 is 0 Å². The summed E-state index contributed by atoms with van der Waals surface area (Å²) < 4.78 is 11.0. The van der Waals surface area contributed by atoms with Crippen molar-refractivity contribution in [3.8, 4) is 0 Å². The van der Waals surface area contributed by atoms with E-state index in [0.717, 1.165) is 12.8 Å². The van der Waals surface area contributed by atoms with Gasteiger partial charge in [-0.3, -0.25) is 14.5 Å². The lowest BCUT2D eigenvalue weighted by Gasteiger charge is -2.44. The number of likely N-dealkylation sites (tertiary alicyclic amines) is 1. The van der Waals surface area contributed by atoms with Gasteiger partial charge in [0.25, 0.3) is 5.91 Å². The summed E-state index contributed by atoms with van der Waals surface area (Å²) in [5.74, 6) is -1.20. The third-order valence-corrected chi connectivity index (χ3v) is 5.28. The molecular formula is C17H20N2O6. The standard InChI is InChI=1S/C17H20N2O6/c20-14(11-3-4-11)18-7-5-17(6-8-18)19(12(10-25-17)16(22)23)15(21)13-2-1-9-24-13/h1-2,9,11-12H,3-8,10H2,(H,22,23)/t12-/m0/s1. The van der Waals surface area contributed by atoms with Crippen LogP contribution in [0.2, 0.25) is 0 Å². The number of furan rings is 1.